The van der Waals surface area contributed by atoms with Crippen molar-refractivity contribution in [2.24, 2.45) is 0 Å². The third-order valence-corrected chi connectivity index (χ3v) is 3.84. The summed E-state index contributed by atoms with van der Waals surface area (Å²) < 4.78 is 3.17. The van der Waals surface area contributed by atoms with E-state index in [2.05, 4.69) is 15.9 Å². The molecule has 90 valence electrons. The van der Waals surface area contributed by atoms with Gasteiger partial charge in [0.15, 0.2) is 0 Å². The smallest absolute Gasteiger partial charge is 0.300 e. The molecule has 2 heterocycles. The molecular formula is C11H11BrN2O2S. The molecule has 6 heteroatoms. The second-order valence-electron chi connectivity index (χ2n) is 3.52. The summed E-state index contributed by atoms with van der Waals surface area (Å²) in [4.78, 5) is 24.9. The van der Waals surface area contributed by atoms with Gasteiger partial charge in [-0.05, 0) is 34.3 Å². The van der Waals surface area contributed by atoms with Crippen LogP contribution in [0, 0.1) is 0 Å². The average molecular weight is 315 g/mol. The van der Waals surface area contributed by atoms with Crippen LogP contribution in [0.1, 0.15) is 11.8 Å². The van der Waals surface area contributed by atoms with E-state index in [0.717, 1.165) is 4.88 Å². The van der Waals surface area contributed by atoms with E-state index in [0.29, 0.717) is 17.6 Å². The Morgan fingerprint density at radius 2 is 2.18 bits per heavy atom. The topological polar surface area (TPSA) is 44.0 Å². The maximum absolute atomic E-state index is 12.0. The van der Waals surface area contributed by atoms with Crippen molar-refractivity contribution in [1.29, 1.82) is 0 Å². The highest BCUT2D eigenvalue weighted by Gasteiger charge is 2.09. The number of thiophene rings is 1. The average Bonchev–Trinajstić information content (AvgIpc) is 2.82. The van der Waals surface area contributed by atoms with Gasteiger partial charge in [0.05, 0.1) is 11.0 Å². The third kappa shape index (κ3) is 2.42. The van der Waals surface area contributed by atoms with Crippen LogP contribution < -0.4 is 11.2 Å². The van der Waals surface area contributed by atoms with E-state index in [1.165, 1.54) is 26.7 Å². The highest BCUT2D eigenvalue weighted by atomic mass is 79.9. The van der Waals surface area contributed by atoms with E-state index in [1.807, 2.05) is 24.4 Å². The third-order valence-electron chi connectivity index (χ3n) is 2.43. The second kappa shape index (κ2) is 5.01. The van der Waals surface area contributed by atoms with Gasteiger partial charge in [0, 0.05) is 17.6 Å². The molecule has 2 aromatic rings. The predicted molar refractivity (Wildman–Crippen MR) is 71.8 cm³/mol. The molecule has 0 radical (unpaired) electrons. The lowest BCUT2D eigenvalue weighted by Crippen LogP contribution is -2.39. The Balaban J connectivity index is 2.56. The molecule has 17 heavy (non-hydrogen) atoms. The summed E-state index contributed by atoms with van der Waals surface area (Å²) in [6.45, 7) is 2.74. The fraction of sp³-hybridized carbons (Fsp3) is 0.273. The molecule has 4 nitrogen and oxygen atoms in total. The molecule has 0 bridgehead atoms. The Labute approximate surface area is 110 Å². The molecule has 0 aliphatic rings. The molecule has 0 unspecified atom stereocenters. The maximum atomic E-state index is 12.0. The van der Waals surface area contributed by atoms with Gasteiger partial charge < -0.3 is 0 Å². The molecule has 0 fully saturated rings. The van der Waals surface area contributed by atoms with Crippen molar-refractivity contribution in [2.45, 2.75) is 20.0 Å². The Kier molecular flexibility index (Phi) is 3.63. The highest BCUT2D eigenvalue weighted by molar-refractivity contribution is 9.10. The largest absolute Gasteiger partial charge is 0.331 e. The second-order valence-corrected chi connectivity index (χ2v) is 5.40. The van der Waals surface area contributed by atoms with Crippen molar-refractivity contribution in [3.63, 3.8) is 0 Å². The minimum Gasteiger partial charge on any atom is -0.300 e. The van der Waals surface area contributed by atoms with Crippen LogP contribution in [0.15, 0.2) is 37.8 Å². The number of halogens is 1. The molecule has 0 spiro atoms. The molecule has 0 aromatic carbocycles. The van der Waals surface area contributed by atoms with Crippen LogP contribution in [0.5, 0.6) is 0 Å². The van der Waals surface area contributed by atoms with E-state index in [4.69, 9.17) is 0 Å². The lowest BCUT2D eigenvalue weighted by molar-refractivity contribution is 0.598. The van der Waals surface area contributed by atoms with Crippen LogP contribution in [0.2, 0.25) is 0 Å². The van der Waals surface area contributed by atoms with E-state index in [-0.39, 0.29) is 11.2 Å². The van der Waals surface area contributed by atoms with Crippen LogP contribution in [0.3, 0.4) is 0 Å². The summed E-state index contributed by atoms with van der Waals surface area (Å²) in [5, 5.41) is 1.93. The quantitative estimate of drug-likeness (QED) is 0.868. The summed E-state index contributed by atoms with van der Waals surface area (Å²) in [6, 6.07) is 3.81. The first kappa shape index (κ1) is 12.3. The lowest BCUT2D eigenvalue weighted by atomic mass is 10.4. The predicted octanol–water partition coefficient (Wildman–Crippen LogP) is 1.90. The van der Waals surface area contributed by atoms with Gasteiger partial charge in [-0.25, -0.2) is 4.79 Å². The van der Waals surface area contributed by atoms with Crippen LogP contribution in [-0.4, -0.2) is 9.13 Å². The Morgan fingerprint density at radius 3 is 2.76 bits per heavy atom. The van der Waals surface area contributed by atoms with Crippen LogP contribution in [0.25, 0.3) is 0 Å². The molecule has 0 atom stereocenters. The minimum absolute atomic E-state index is 0.269. The highest BCUT2D eigenvalue weighted by Crippen LogP contribution is 2.09. The Morgan fingerprint density at radius 1 is 1.41 bits per heavy atom. The zero-order valence-corrected chi connectivity index (χ0v) is 11.6. The number of aromatic nitrogens is 2. The van der Waals surface area contributed by atoms with Gasteiger partial charge in [-0.1, -0.05) is 6.07 Å². The molecule has 0 saturated heterocycles. The van der Waals surface area contributed by atoms with Gasteiger partial charge in [0.2, 0.25) is 0 Å². The number of nitrogens with zero attached hydrogens (tertiary/aromatic N) is 2. The van der Waals surface area contributed by atoms with E-state index >= 15 is 0 Å². The van der Waals surface area contributed by atoms with Gasteiger partial charge >= 0.3 is 5.69 Å². The van der Waals surface area contributed by atoms with Gasteiger partial charge in [0.1, 0.15) is 0 Å². The van der Waals surface area contributed by atoms with E-state index < -0.39 is 0 Å². The van der Waals surface area contributed by atoms with E-state index in [9.17, 15) is 9.59 Å². The summed E-state index contributed by atoms with van der Waals surface area (Å²) >= 11 is 4.72. The lowest BCUT2D eigenvalue weighted by Gasteiger charge is -2.08. The van der Waals surface area contributed by atoms with E-state index in [1.54, 1.807) is 0 Å². The van der Waals surface area contributed by atoms with Crippen molar-refractivity contribution in [2.75, 3.05) is 0 Å². The minimum atomic E-state index is -0.284. The molecular weight excluding hydrogens is 304 g/mol. The zero-order valence-electron chi connectivity index (χ0n) is 9.22. The monoisotopic (exact) mass is 314 g/mol. The molecule has 0 aliphatic carbocycles. The van der Waals surface area contributed by atoms with Crippen LogP contribution in [0.4, 0.5) is 0 Å². The van der Waals surface area contributed by atoms with Gasteiger partial charge in [-0.3, -0.25) is 13.9 Å². The van der Waals surface area contributed by atoms with Crippen molar-refractivity contribution >= 4 is 27.3 Å². The fourth-order valence-electron chi connectivity index (χ4n) is 1.54. The Bertz CT molecular complexity index is 628. The first-order chi connectivity index (χ1) is 8.13. The molecule has 0 aliphatic heterocycles. The fourth-order valence-corrected chi connectivity index (χ4v) is 2.70. The first-order valence-electron chi connectivity index (χ1n) is 5.15. The number of hydrogen-bond acceptors (Lipinski definition) is 3. The van der Waals surface area contributed by atoms with Gasteiger partial charge in [0.25, 0.3) is 5.56 Å². The van der Waals surface area contributed by atoms with Crippen molar-refractivity contribution in [3.05, 3.63) is 53.9 Å². The van der Waals surface area contributed by atoms with Crippen molar-refractivity contribution in [3.8, 4) is 0 Å². The Hall–Kier alpha value is -1.14. The summed E-state index contributed by atoms with van der Waals surface area (Å²) in [5.41, 5.74) is -0.554. The number of rotatable bonds is 3. The summed E-state index contributed by atoms with van der Waals surface area (Å²) in [5.74, 6) is 0. The molecule has 2 rings (SSSR count). The van der Waals surface area contributed by atoms with Gasteiger partial charge in [-0.15, -0.1) is 11.3 Å². The van der Waals surface area contributed by atoms with Crippen LogP contribution in [-0.2, 0) is 13.1 Å². The molecule has 2 aromatic heterocycles. The molecule has 0 N–H and O–H groups in total. The maximum Gasteiger partial charge on any atom is 0.331 e. The molecule has 0 amide bonds. The number of aryl methyl sites for hydroxylation is 1. The zero-order chi connectivity index (χ0) is 12.4. The summed E-state index contributed by atoms with van der Waals surface area (Å²) in [6.07, 6.45) is 1.54. The van der Waals surface area contributed by atoms with Crippen molar-refractivity contribution in [1.82, 2.24) is 9.13 Å². The SMILES string of the molecule is CCn1cc(Br)c(=O)n(Cc2cccs2)c1=O. The number of hydrogen-bond donors (Lipinski definition) is 0. The standard InChI is InChI=1S/C11H11BrN2O2S/c1-2-13-7-9(12)10(15)14(11(13)16)6-8-4-3-5-17-8/h3-5,7H,2,6H2,1H3. The van der Waals surface area contributed by atoms with Crippen molar-refractivity contribution < 1.29 is 0 Å². The van der Waals surface area contributed by atoms with Gasteiger partial charge in [-0.2, -0.15) is 0 Å². The normalized spacial score (nSPS) is 10.7. The van der Waals surface area contributed by atoms with Crippen LogP contribution >= 0.6 is 27.3 Å². The summed E-state index contributed by atoms with van der Waals surface area (Å²) in [7, 11) is 0. The first-order valence-corrected chi connectivity index (χ1v) is 6.83. The molecule has 0 saturated carbocycles.